The van der Waals surface area contributed by atoms with E-state index in [1.165, 1.54) is 9.79 Å². The number of rotatable bonds is 3. The lowest BCUT2D eigenvalue weighted by atomic mass is 10.5. The van der Waals surface area contributed by atoms with Gasteiger partial charge in [0.15, 0.2) is 24.8 Å². The van der Waals surface area contributed by atoms with E-state index in [4.69, 9.17) is 0 Å². The van der Waals surface area contributed by atoms with E-state index in [1.54, 1.807) is 21.6 Å². The van der Waals surface area contributed by atoms with Crippen molar-refractivity contribution in [2.45, 2.75) is 9.79 Å². The molecule has 82 valence electrons. The number of hydrogen-bond donors (Lipinski definition) is 0. The van der Waals surface area contributed by atoms with Crippen LogP contribution in [0.3, 0.4) is 0 Å². The molecule has 2 aromatic rings. The molecule has 0 radical (unpaired) electrons. The van der Waals surface area contributed by atoms with E-state index in [1.807, 2.05) is 23.2 Å². The third-order valence-corrected chi connectivity index (χ3v) is 4.55. The van der Waals surface area contributed by atoms with Gasteiger partial charge in [0.05, 0.1) is 0 Å². The van der Waals surface area contributed by atoms with Crippen LogP contribution in [0.5, 0.6) is 0 Å². The second-order valence-electron chi connectivity index (χ2n) is 3.57. The Balaban J connectivity index is 1.97. The summed E-state index contributed by atoms with van der Waals surface area (Å²) in [5.41, 5.74) is 0. The predicted molar refractivity (Wildman–Crippen MR) is 67.0 cm³/mol. The van der Waals surface area contributed by atoms with Gasteiger partial charge in [-0.1, -0.05) is 21.6 Å². The molecule has 0 aromatic carbocycles. The molecule has 2 aromatic heterocycles. The predicted octanol–water partition coefficient (Wildman–Crippen LogP) is 2.13. The van der Waals surface area contributed by atoms with E-state index in [0.29, 0.717) is 0 Å². The van der Waals surface area contributed by atoms with Crippen molar-refractivity contribution in [3.63, 3.8) is 0 Å². The van der Waals surface area contributed by atoms with Crippen molar-refractivity contribution in [2.24, 2.45) is 14.1 Å². The zero-order valence-corrected chi connectivity index (χ0v) is 11.0. The molecule has 16 heavy (non-hydrogen) atoms. The largest absolute Gasteiger partial charge is 0.208 e. The maximum Gasteiger partial charge on any atom is 0.169 e. The lowest BCUT2D eigenvalue weighted by Crippen LogP contribution is -2.25. The molecule has 0 spiro atoms. The zero-order chi connectivity index (χ0) is 11.4. The first-order valence-corrected chi connectivity index (χ1v) is 7.14. The quantitative estimate of drug-likeness (QED) is 0.609. The molecule has 2 rings (SSSR count). The minimum absolute atomic E-state index is 1.27. The summed E-state index contributed by atoms with van der Waals surface area (Å²) in [5.74, 6) is 0. The highest BCUT2D eigenvalue weighted by atomic mass is 33.1. The highest BCUT2D eigenvalue weighted by Gasteiger charge is 2.00. The van der Waals surface area contributed by atoms with Crippen LogP contribution in [0.2, 0.25) is 0 Å². The van der Waals surface area contributed by atoms with Gasteiger partial charge in [-0.25, -0.2) is 9.13 Å². The molecule has 0 fully saturated rings. The Labute approximate surface area is 104 Å². The molecule has 2 nitrogen and oxygen atoms in total. The lowest BCUT2D eigenvalue weighted by molar-refractivity contribution is -0.671. The zero-order valence-electron chi connectivity index (χ0n) is 9.33. The van der Waals surface area contributed by atoms with Gasteiger partial charge in [0.25, 0.3) is 0 Å². The van der Waals surface area contributed by atoms with Crippen LogP contribution in [0.15, 0.2) is 58.8 Å². The SMILES string of the molecule is C[n+]1ccc(SSc2cc[n+](C)cc2)cc1. The Bertz CT molecular complexity index is 406. The van der Waals surface area contributed by atoms with E-state index in [-0.39, 0.29) is 0 Å². The van der Waals surface area contributed by atoms with Crippen molar-refractivity contribution in [3.05, 3.63) is 49.1 Å². The van der Waals surface area contributed by atoms with Crippen LogP contribution >= 0.6 is 21.6 Å². The number of aryl methyl sites for hydroxylation is 2. The average Bonchev–Trinajstić information content (AvgIpc) is 2.30. The van der Waals surface area contributed by atoms with Crippen LogP contribution in [-0.2, 0) is 14.1 Å². The molecule has 0 saturated carbocycles. The lowest BCUT2D eigenvalue weighted by Gasteiger charge is -1.98. The van der Waals surface area contributed by atoms with Crippen LogP contribution in [-0.4, -0.2) is 0 Å². The Morgan fingerprint density at radius 1 is 0.688 bits per heavy atom. The molecular weight excluding hydrogens is 236 g/mol. The summed E-state index contributed by atoms with van der Waals surface area (Å²) in [6, 6.07) is 8.50. The summed E-state index contributed by atoms with van der Waals surface area (Å²) in [6.45, 7) is 0. The summed E-state index contributed by atoms with van der Waals surface area (Å²) in [7, 11) is 7.62. The maximum absolute atomic E-state index is 2.13. The topological polar surface area (TPSA) is 7.76 Å². The minimum Gasteiger partial charge on any atom is -0.208 e. The van der Waals surface area contributed by atoms with Crippen LogP contribution in [0, 0.1) is 0 Å². The summed E-state index contributed by atoms with van der Waals surface area (Å²) >= 11 is 0. The Hall–Kier alpha value is -1.00. The van der Waals surface area contributed by atoms with Crippen LogP contribution in [0.1, 0.15) is 0 Å². The fraction of sp³-hybridized carbons (Fsp3) is 0.167. The number of pyridine rings is 2. The first-order valence-electron chi connectivity index (χ1n) is 4.99. The smallest absolute Gasteiger partial charge is 0.169 e. The van der Waals surface area contributed by atoms with E-state index in [2.05, 4.69) is 49.1 Å². The summed E-state index contributed by atoms with van der Waals surface area (Å²) < 4.78 is 4.08. The van der Waals surface area contributed by atoms with Gasteiger partial charge in [-0.05, 0) is 0 Å². The molecule has 0 amide bonds. The van der Waals surface area contributed by atoms with Crippen LogP contribution in [0.4, 0.5) is 0 Å². The fourth-order valence-electron chi connectivity index (χ4n) is 1.18. The number of nitrogens with zero attached hydrogens (tertiary/aromatic N) is 2. The summed E-state index contributed by atoms with van der Waals surface area (Å²) in [6.07, 6.45) is 8.25. The molecular formula is C12H14N2S2+2. The van der Waals surface area contributed by atoms with Crippen molar-refractivity contribution in [1.29, 1.82) is 0 Å². The van der Waals surface area contributed by atoms with E-state index in [0.717, 1.165) is 0 Å². The molecule has 0 atom stereocenters. The third kappa shape index (κ3) is 3.25. The van der Waals surface area contributed by atoms with Gasteiger partial charge in [-0.3, -0.25) is 0 Å². The Kier molecular flexibility index (Phi) is 3.85. The highest BCUT2D eigenvalue weighted by molar-refractivity contribution is 8.76. The Morgan fingerprint density at radius 3 is 1.31 bits per heavy atom. The maximum atomic E-state index is 2.13. The van der Waals surface area contributed by atoms with Crippen molar-refractivity contribution >= 4 is 21.6 Å². The van der Waals surface area contributed by atoms with Gasteiger partial charge in [-0.15, -0.1) is 0 Å². The second kappa shape index (κ2) is 5.37. The molecule has 0 aliphatic carbocycles. The summed E-state index contributed by atoms with van der Waals surface area (Å²) in [5, 5.41) is 0. The van der Waals surface area contributed by atoms with Gasteiger partial charge in [0.2, 0.25) is 0 Å². The molecule has 0 bridgehead atoms. The van der Waals surface area contributed by atoms with Crippen molar-refractivity contribution in [2.75, 3.05) is 0 Å². The second-order valence-corrected chi connectivity index (χ2v) is 5.84. The normalized spacial score (nSPS) is 10.4. The standard InChI is InChI=1S/C12H14N2S2/c1-13-7-3-11(4-8-13)15-16-12-5-9-14(2)10-6-12/h3-10H,1-2H3/q+2. The van der Waals surface area contributed by atoms with E-state index < -0.39 is 0 Å². The molecule has 2 heterocycles. The third-order valence-electron chi connectivity index (χ3n) is 2.13. The molecule has 0 aliphatic rings. The minimum atomic E-state index is 1.27. The van der Waals surface area contributed by atoms with Gasteiger partial charge < -0.3 is 0 Å². The van der Waals surface area contributed by atoms with Crippen molar-refractivity contribution in [1.82, 2.24) is 0 Å². The van der Waals surface area contributed by atoms with E-state index >= 15 is 0 Å². The highest BCUT2D eigenvalue weighted by Crippen LogP contribution is 2.36. The van der Waals surface area contributed by atoms with Gasteiger partial charge in [-0.2, -0.15) is 0 Å². The van der Waals surface area contributed by atoms with E-state index in [9.17, 15) is 0 Å². The van der Waals surface area contributed by atoms with Crippen molar-refractivity contribution in [3.8, 4) is 0 Å². The number of hydrogen-bond acceptors (Lipinski definition) is 2. The fourth-order valence-corrected chi connectivity index (χ4v) is 3.08. The molecule has 0 unspecified atom stereocenters. The van der Waals surface area contributed by atoms with Gasteiger partial charge in [0, 0.05) is 34.1 Å². The van der Waals surface area contributed by atoms with Gasteiger partial charge >= 0.3 is 0 Å². The van der Waals surface area contributed by atoms with Crippen LogP contribution in [0.25, 0.3) is 0 Å². The average molecular weight is 250 g/mol. The molecule has 4 heteroatoms. The van der Waals surface area contributed by atoms with Crippen LogP contribution < -0.4 is 9.13 Å². The first kappa shape index (κ1) is 11.5. The molecule has 0 N–H and O–H groups in total. The van der Waals surface area contributed by atoms with Gasteiger partial charge in [0.1, 0.15) is 14.1 Å². The number of aromatic nitrogens is 2. The Morgan fingerprint density at radius 2 is 1.00 bits per heavy atom. The first-order chi connectivity index (χ1) is 7.74. The summed E-state index contributed by atoms with van der Waals surface area (Å²) in [4.78, 5) is 2.55. The monoisotopic (exact) mass is 250 g/mol. The molecule has 0 aliphatic heterocycles. The van der Waals surface area contributed by atoms with Crippen molar-refractivity contribution < 1.29 is 9.13 Å². The molecule has 0 saturated heterocycles.